The van der Waals surface area contributed by atoms with Crippen molar-refractivity contribution >= 4 is 29.4 Å². The molecule has 0 unspecified atom stereocenters. The molecule has 1 aliphatic heterocycles. The van der Waals surface area contributed by atoms with Crippen LogP contribution in [0.25, 0.3) is 5.65 Å². The zero-order valence-corrected chi connectivity index (χ0v) is 16.1. The third kappa shape index (κ3) is 3.78. The first-order chi connectivity index (χ1) is 13.2. The number of amides is 4. The van der Waals surface area contributed by atoms with E-state index in [1.165, 1.54) is 4.90 Å². The molecule has 2 N–H and O–H groups in total. The topological polar surface area (TPSA) is 105 Å². The molecule has 2 aliphatic rings. The number of pyridine rings is 1. The first kappa shape index (κ1) is 18.3. The van der Waals surface area contributed by atoms with E-state index in [4.69, 9.17) is 4.74 Å². The lowest BCUT2D eigenvalue weighted by molar-refractivity contribution is -0.117. The number of fused-ring (bicyclic) bond motifs is 1. The highest BCUT2D eigenvalue weighted by atomic mass is 16.6. The molecule has 9 heteroatoms. The van der Waals surface area contributed by atoms with Crippen molar-refractivity contribution in [3.8, 4) is 0 Å². The quantitative estimate of drug-likeness (QED) is 0.786. The monoisotopic (exact) mass is 385 g/mol. The molecule has 2 aromatic heterocycles. The number of carbonyl (C=O) groups is 3. The van der Waals surface area contributed by atoms with Gasteiger partial charge in [0.2, 0.25) is 5.91 Å². The van der Waals surface area contributed by atoms with Gasteiger partial charge in [-0.05, 0) is 51.2 Å². The number of carbonyl (C=O) groups excluding carboxylic acids is 3. The molecule has 0 aromatic carbocycles. The molecule has 1 aliphatic carbocycles. The van der Waals surface area contributed by atoms with Gasteiger partial charge in [-0.15, -0.1) is 0 Å². The van der Waals surface area contributed by atoms with Gasteiger partial charge in [0.15, 0.2) is 5.65 Å². The molecule has 1 saturated carbocycles. The van der Waals surface area contributed by atoms with Crippen LogP contribution >= 0.6 is 0 Å². The molecule has 28 heavy (non-hydrogen) atoms. The van der Waals surface area contributed by atoms with Gasteiger partial charge in [-0.25, -0.2) is 14.6 Å². The van der Waals surface area contributed by atoms with Crippen LogP contribution in [-0.2, 0) is 16.1 Å². The SMILES string of the molecule is CC(C)(C)OC(=O)NCc1cn2cc(C3CC3)cc(N3CC(=O)NC3=O)c2n1. The number of urea groups is 1. The number of aromatic nitrogens is 2. The molecule has 4 amide bonds. The molecular weight excluding hydrogens is 362 g/mol. The van der Waals surface area contributed by atoms with Crippen LogP contribution in [0, 0.1) is 0 Å². The summed E-state index contributed by atoms with van der Waals surface area (Å²) in [5.41, 5.74) is 2.32. The standard InChI is InChI=1S/C19H23N5O4/c1-19(2,3)28-18(27)20-7-13-9-23-8-12(11-4-5-11)6-14(16(23)21-13)24-10-15(25)22-17(24)26/h6,8-9,11H,4-5,7,10H2,1-3H3,(H,20,27)(H,22,25,26). The first-order valence-corrected chi connectivity index (χ1v) is 9.29. The van der Waals surface area contributed by atoms with Crippen LogP contribution in [0.3, 0.4) is 0 Å². The lowest BCUT2D eigenvalue weighted by Gasteiger charge is -2.19. The van der Waals surface area contributed by atoms with E-state index in [0.29, 0.717) is 22.9 Å². The third-order valence-electron chi connectivity index (χ3n) is 4.55. The van der Waals surface area contributed by atoms with E-state index in [1.54, 1.807) is 20.8 Å². The number of alkyl carbamates (subject to hydrolysis) is 1. The largest absolute Gasteiger partial charge is 0.444 e. The summed E-state index contributed by atoms with van der Waals surface area (Å²) in [6.45, 7) is 5.56. The number of rotatable bonds is 4. The highest BCUT2D eigenvalue weighted by Gasteiger charge is 2.32. The molecular formula is C19H23N5O4. The van der Waals surface area contributed by atoms with Crippen molar-refractivity contribution in [1.29, 1.82) is 0 Å². The van der Waals surface area contributed by atoms with E-state index in [0.717, 1.165) is 18.4 Å². The molecule has 0 atom stereocenters. The Balaban J connectivity index is 1.62. The van der Waals surface area contributed by atoms with E-state index >= 15 is 0 Å². The lowest BCUT2D eigenvalue weighted by Crippen LogP contribution is -2.32. The molecule has 0 bridgehead atoms. The molecule has 0 spiro atoms. The maximum absolute atomic E-state index is 12.2. The summed E-state index contributed by atoms with van der Waals surface area (Å²) in [4.78, 5) is 41.7. The Morgan fingerprint density at radius 2 is 2.07 bits per heavy atom. The smallest absolute Gasteiger partial charge is 0.407 e. The fourth-order valence-electron chi connectivity index (χ4n) is 3.19. The second-order valence-corrected chi connectivity index (χ2v) is 8.19. The average Bonchev–Trinajstić information content (AvgIpc) is 3.26. The lowest BCUT2D eigenvalue weighted by atomic mass is 10.1. The number of anilines is 1. The predicted octanol–water partition coefficient (Wildman–Crippen LogP) is 2.29. The summed E-state index contributed by atoms with van der Waals surface area (Å²) in [6.07, 6.45) is 5.51. The molecule has 2 aromatic rings. The zero-order valence-electron chi connectivity index (χ0n) is 16.1. The van der Waals surface area contributed by atoms with E-state index in [-0.39, 0.29) is 19.0 Å². The average molecular weight is 385 g/mol. The van der Waals surface area contributed by atoms with Crippen LogP contribution in [0.1, 0.15) is 50.8 Å². The van der Waals surface area contributed by atoms with Crippen molar-refractivity contribution in [2.45, 2.75) is 51.7 Å². The van der Waals surface area contributed by atoms with E-state index in [1.807, 2.05) is 22.9 Å². The summed E-state index contributed by atoms with van der Waals surface area (Å²) < 4.78 is 7.09. The van der Waals surface area contributed by atoms with Crippen molar-refractivity contribution in [3.63, 3.8) is 0 Å². The van der Waals surface area contributed by atoms with E-state index in [2.05, 4.69) is 15.6 Å². The number of imide groups is 1. The van der Waals surface area contributed by atoms with E-state index < -0.39 is 17.7 Å². The summed E-state index contributed by atoms with van der Waals surface area (Å²) in [5, 5.41) is 4.99. The van der Waals surface area contributed by atoms with Crippen LogP contribution in [0.5, 0.6) is 0 Å². The number of nitrogens with one attached hydrogen (secondary N) is 2. The van der Waals surface area contributed by atoms with Gasteiger partial charge in [0.25, 0.3) is 0 Å². The normalized spacial score (nSPS) is 17.2. The number of nitrogens with zero attached hydrogens (tertiary/aromatic N) is 3. The fourth-order valence-corrected chi connectivity index (χ4v) is 3.19. The summed E-state index contributed by atoms with van der Waals surface area (Å²) in [5.74, 6) is 0.133. The Morgan fingerprint density at radius 3 is 2.68 bits per heavy atom. The first-order valence-electron chi connectivity index (χ1n) is 9.29. The maximum atomic E-state index is 12.2. The summed E-state index contributed by atoms with van der Waals surface area (Å²) in [6, 6.07) is 1.49. The summed E-state index contributed by atoms with van der Waals surface area (Å²) in [7, 11) is 0. The van der Waals surface area contributed by atoms with Gasteiger partial charge in [-0.2, -0.15) is 0 Å². The highest BCUT2D eigenvalue weighted by molar-refractivity contribution is 6.13. The Kier molecular flexibility index (Phi) is 4.24. The van der Waals surface area contributed by atoms with Gasteiger partial charge in [0.05, 0.1) is 17.9 Å². The van der Waals surface area contributed by atoms with Gasteiger partial charge in [-0.1, -0.05) is 0 Å². The molecule has 9 nitrogen and oxygen atoms in total. The second-order valence-electron chi connectivity index (χ2n) is 8.19. The van der Waals surface area contributed by atoms with Gasteiger partial charge in [0.1, 0.15) is 12.1 Å². The van der Waals surface area contributed by atoms with Crippen LogP contribution in [0.2, 0.25) is 0 Å². The Hall–Kier alpha value is -3.10. The molecule has 0 radical (unpaired) electrons. The number of ether oxygens (including phenoxy) is 1. The van der Waals surface area contributed by atoms with Crippen molar-refractivity contribution in [2.75, 3.05) is 11.4 Å². The number of imidazole rings is 1. The number of hydrogen-bond acceptors (Lipinski definition) is 5. The van der Waals surface area contributed by atoms with Crippen molar-refractivity contribution in [2.24, 2.45) is 0 Å². The molecule has 2 fully saturated rings. The van der Waals surface area contributed by atoms with Gasteiger partial charge in [0, 0.05) is 12.4 Å². The Labute approximate surface area is 162 Å². The van der Waals surface area contributed by atoms with Crippen molar-refractivity contribution in [1.82, 2.24) is 20.0 Å². The van der Waals surface area contributed by atoms with Crippen molar-refractivity contribution < 1.29 is 19.1 Å². The second kappa shape index (κ2) is 6.50. The van der Waals surface area contributed by atoms with E-state index in [9.17, 15) is 14.4 Å². The van der Waals surface area contributed by atoms with Crippen LogP contribution in [0.15, 0.2) is 18.5 Å². The van der Waals surface area contributed by atoms with Crippen LogP contribution in [0.4, 0.5) is 15.3 Å². The van der Waals surface area contributed by atoms with Gasteiger partial charge >= 0.3 is 12.1 Å². The minimum Gasteiger partial charge on any atom is -0.444 e. The van der Waals surface area contributed by atoms with Gasteiger partial charge in [-0.3, -0.25) is 15.0 Å². The predicted molar refractivity (Wildman–Crippen MR) is 101 cm³/mol. The Bertz CT molecular complexity index is 971. The zero-order chi connectivity index (χ0) is 20.1. The Morgan fingerprint density at radius 1 is 1.32 bits per heavy atom. The fraction of sp³-hybridized carbons (Fsp3) is 0.474. The van der Waals surface area contributed by atoms with Crippen molar-refractivity contribution in [3.05, 3.63) is 29.7 Å². The van der Waals surface area contributed by atoms with Crippen LogP contribution < -0.4 is 15.5 Å². The summed E-state index contributed by atoms with van der Waals surface area (Å²) >= 11 is 0. The highest BCUT2D eigenvalue weighted by Crippen LogP contribution is 2.42. The molecule has 1 saturated heterocycles. The molecule has 3 heterocycles. The molecule has 4 rings (SSSR count). The number of hydrogen-bond donors (Lipinski definition) is 2. The maximum Gasteiger partial charge on any atom is 0.407 e. The van der Waals surface area contributed by atoms with Gasteiger partial charge < -0.3 is 14.5 Å². The molecule has 148 valence electrons. The minimum atomic E-state index is -0.578. The minimum absolute atomic E-state index is 0.0268. The third-order valence-corrected chi connectivity index (χ3v) is 4.55. The van der Waals surface area contributed by atoms with Crippen LogP contribution in [-0.4, -0.2) is 39.6 Å².